The summed E-state index contributed by atoms with van der Waals surface area (Å²) in [6, 6.07) is 8.68. The van der Waals surface area contributed by atoms with Gasteiger partial charge in [0.05, 0.1) is 4.90 Å². The third kappa shape index (κ3) is 8.57. The van der Waals surface area contributed by atoms with Gasteiger partial charge in [-0.25, -0.2) is 13.1 Å². The molecule has 0 unspecified atom stereocenters. The Labute approximate surface area is 184 Å². The maximum Gasteiger partial charge on any atom is 0.240 e. The highest BCUT2D eigenvalue weighted by molar-refractivity contribution is 14.0. The lowest BCUT2D eigenvalue weighted by Crippen LogP contribution is -2.41. The quantitative estimate of drug-likeness (QED) is 0.192. The van der Waals surface area contributed by atoms with E-state index in [1.54, 1.807) is 30.5 Å². The number of benzene rings is 1. The summed E-state index contributed by atoms with van der Waals surface area (Å²) < 4.78 is 29.0. The fourth-order valence-corrected chi connectivity index (χ4v) is 3.40. The predicted molar refractivity (Wildman–Crippen MR) is 123 cm³/mol. The van der Waals surface area contributed by atoms with E-state index >= 15 is 0 Å². The Morgan fingerprint density at radius 2 is 1.93 bits per heavy atom. The van der Waals surface area contributed by atoms with Gasteiger partial charge in [0.1, 0.15) is 0 Å². The summed E-state index contributed by atoms with van der Waals surface area (Å²) in [5, 5.41) is 10.4. The van der Waals surface area contributed by atoms with Crippen LogP contribution in [0.3, 0.4) is 0 Å². The van der Waals surface area contributed by atoms with Crippen molar-refractivity contribution >= 4 is 40.0 Å². The largest absolute Gasteiger partial charge is 0.357 e. The third-order valence-electron chi connectivity index (χ3n) is 3.76. The smallest absolute Gasteiger partial charge is 0.240 e. The average molecular weight is 520 g/mol. The highest BCUT2D eigenvalue weighted by Crippen LogP contribution is 2.09. The first-order valence-electron chi connectivity index (χ1n) is 9.07. The number of sulfonamides is 1. The molecule has 0 fully saturated rings. The summed E-state index contributed by atoms with van der Waals surface area (Å²) in [4.78, 5) is 4.76. The summed E-state index contributed by atoms with van der Waals surface area (Å²) in [6.07, 6.45) is 4.55. The normalized spacial score (nSPS) is 11.7. The zero-order valence-corrected chi connectivity index (χ0v) is 19.4. The van der Waals surface area contributed by atoms with Crippen molar-refractivity contribution in [3.8, 4) is 0 Å². The van der Waals surface area contributed by atoms with E-state index in [1.807, 2.05) is 30.8 Å². The molecule has 10 heteroatoms. The van der Waals surface area contributed by atoms with Gasteiger partial charge < -0.3 is 10.6 Å². The summed E-state index contributed by atoms with van der Waals surface area (Å²) in [7, 11) is -3.49. The van der Waals surface area contributed by atoms with Crippen LogP contribution in [0.15, 0.2) is 52.6 Å². The van der Waals surface area contributed by atoms with E-state index in [2.05, 4.69) is 25.4 Å². The number of aliphatic imine (C=N–C) groups is 1. The topological polar surface area (TPSA) is 100 Å². The molecule has 3 N–H and O–H groups in total. The lowest BCUT2D eigenvalue weighted by Gasteiger charge is -2.12. The van der Waals surface area contributed by atoms with Crippen molar-refractivity contribution < 1.29 is 8.42 Å². The second kappa shape index (κ2) is 12.7. The van der Waals surface area contributed by atoms with Crippen molar-refractivity contribution in [2.75, 3.05) is 26.2 Å². The first kappa shape index (κ1) is 24.4. The zero-order valence-electron chi connectivity index (χ0n) is 16.3. The Morgan fingerprint density at radius 3 is 2.57 bits per heavy atom. The first-order chi connectivity index (χ1) is 13.0. The van der Waals surface area contributed by atoms with E-state index < -0.39 is 10.0 Å². The van der Waals surface area contributed by atoms with E-state index in [4.69, 9.17) is 0 Å². The summed E-state index contributed by atoms with van der Waals surface area (Å²) in [5.41, 5.74) is 1.02. The molecule has 28 heavy (non-hydrogen) atoms. The zero-order chi connectivity index (χ0) is 19.5. The third-order valence-corrected chi connectivity index (χ3v) is 5.24. The van der Waals surface area contributed by atoms with Crippen molar-refractivity contribution in [3.63, 3.8) is 0 Å². The maximum atomic E-state index is 12.2. The molecule has 0 aliphatic rings. The highest BCUT2D eigenvalue weighted by atomic mass is 127. The van der Waals surface area contributed by atoms with Crippen molar-refractivity contribution in [3.05, 3.63) is 48.3 Å². The Balaban J connectivity index is 0.00000392. The molecule has 0 spiro atoms. The fourth-order valence-electron chi connectivity index (χ4n) is 2.37. The number of rotatable bonds is 10. The number of nitrogens with zero attached hydrogens (tertiary/aromatic N) is 3. The molecule has 0 atom stereocenters. The van der Waals surface area contributed by atoms with Crippen LogP contribution in [0.2, 0.25) is 0 Å². The summed E-state index contributed by atoms with van der Waals surface area (Å²) >= 11 is 0. The predicted octanol–water partition coefficient (Wildman–Crippen LogP) is 1.73. The minimum absolute atomic E-state index is 0. The molecule has 0 saturated carbocycles. The fraction of sp³-hybridized carbons (Fsp3) is 0.444. The summed E-state index contributed by atoms with van der Waals surface area (Å²) in [5.74, 6) is 0.674. The standard InChI is InChI=1S/C18H28N6O2S.HI/c1-3-19-18(20-10-4-14-24-15-5-11-22-24)21-12-13-23-27(25,26)17-8-6-16(2)7-9-17;/h5-9,11,15,23H,3-4,10,12-14H2,1-2H3,(H2,19,20,21);1H. The molecule has 2 rings (SSSR count). The van der Waals surface area contributed by atoms with Crippen molar-refractivity contribution in [1.82, 2.24) is 25.1 Å². The van der Waals surface area contributed by atoms with Crippen LogP contribution >= 0.6 is 24.0 Å². The first-order valence-corrected chi connectivity index (χ1v) is 10.6. The molecule has 1 aromatic heterocycles. The second-order valence-corrected chi connectivity index (χ2v) is 7.79. The Hall–Kier alpha value is -1.66. The molecule has 0 aliphatic carbocycles. The van der Waals surface area contributed by atoms with E-state index in [1.165, 1.54) is 0 Å². The number of hydrogen-bond donors (Lipinski definition) is 3. The Kier molecular flexibility index (Phi) is 11.1. The molecular formula is C18H29IN6O2S. The molecule has 0 radical (unpaired) electrons. The number of guanidine groups is 1. The molecule has 0 bridgehead atoms. The minimum atomic E-state index is -3.49. The molecule has 2 aromatic rings. The number of aromatic nitrogens is 2. The van der Waals surface area contributed by atoms with Crippen molar-refractivity contribution in [1.29, 1.82) is 0 Å². The van der Waals surface area contributed by atoms with Gasteiger partial charge in [-0.3, -0.25) is 9.67 Å². The van der Waals surface area contributed by atoms with Gasteiger partial charge in [-0.15, -0.1) is 24.0 Å². The lowest BCUT2D eigenvalue weighted by atomic mass is 10.2. The van der Waals surface area contributed by atoms with Crippen LogP contribution in [-0.4, -0.2) is 50.3 Å². The van der Waals surface area contributed by atoms with Gasteiger partial charge in [0, 0.05) is 45.1 Å². The van der Waals surface area contributed by atoms with Crippen LogP contribution in [0.25, 0.3) is 0 Å². The van der Waals surface area contributed by atoms with E-state index in [9.17, 15) is 8.42 Å². The van der Waals surface area contributed by atoms with Crippen LogP contribution in [0.4, 0.5) is 0 Å². The molecule has 0 aliphatic heterocycles. The summed E-state index contributed by atoms with van der Waals surface area (Å²) in [6.45, 7) is 6.83. The molecule has 1 aromatic carbocycles. The molecular weight excluding hydrogens is 491 g/mol. The van der Waals surface area contributed by atoms with Crippen LogP contribution in [0.5, 0.6) is 0 Å². The number of halogens is 1. The van der Waals surface area contributed by atoms with Crippen molar-refractivity contribution in [2.24, 2.45) is 4.99 Å². The highest BCUT2D eigenvalue weighted by Gasteiger charge is 2.12. The van der Waals surface area contributed by atoms with Crippen LogP contribution in [0.1, 0.15) is 18.9 Å². The van der Waals surface area contributed by atoms with Crippen molar-refractivity contribution in [2.45, 2.75) is 31.7 Å². The molecule has 1 heterocycles. The molecule has 0 saturated heterocycles. The van der Waals surface area contributed by atoms with Crippen LogP contribution in [-0.2, 0) is 16.6 Å². The maximum absolute atomic E-state index is 12.2. The van der Waals surface area contributed by atoms with Crippen LogP contribution in [0, 0.1) is 6.92 Å². The van der Waals surface area contributed by atoms with Gasteiger partial charge in [0.2, 0.25) is 10.0 Å². The van der Waals surface area contributed by atoms with Gasteiger partial charge in [0.15, 0.2) is 5.96 Å². The van der Waals surface area contributed by atoms with E-state index in [0.29, 0.717) is 19.0 Å². The van der Waals surface area contributed by atoms with E-state index in [0.717, 1.165) is 25.1 Å². The van der Waals surface area contributed by atoms with Crippen LogP contribution < -0.4 is 15.4 Å². The number of hydrogen-bond acceptors (Lipinski definition) is 4. The molecule has 8 nitrogen and oxygen atoms in total. The van der Waals surface area contributed by atoms with Gasteiger partial charge in [-0.2, -0.15) is 5.10 Å². The van der Waals surface area contributed by atoms with E-state index in [-0.39, 0.29) is 35.4 Å². The Bertz CT molecular complexity index is 807. The minimum Gasteiger partial charge on any atom is -0.357 e. The lowest BCUT2D eigenvalue weighted by molar-refractivity contribution is 0.579. The van der Waals surface area contributed by atoms with Gasteiger partial charge in [-0.05, 0) is 38.5 Å². The Morgan fingerprint density at radius 1 is 1.18 bits per heavy atom. The SMILES string of the molecule is CCNC(=NCCCn1cccn1)NCCNS(=O)(=O)c1ccc(C)cc1.I. The van der Waals surface area contributed by atoms with Gasteiger partial charge >= 0.3 is 0 Å². The van der Waals surface area contributed by atoms with Gasteiger partial charge in [0.25, 0.3) is 0 Å². The second-order valence-electron chi connectivity index (χ2n) is 6.02. The molecule has 156 valence electrons. The number of nitrogens with one attached hydrogen (secondary N) is 3. The molecule has 0 amide bonds. The van der Waals surface area contributed by atoms with Gasteiger partial charge in [-0.1, -0.05) is 17.7 Å². The average Bonchev–Trinajstić information content (AvgIpc) is 3.16. The monoisotopic (exact) mass is 520 g/mol. The number of aryl methyl sites for hydroxylation is 2.